The molecule has 1 aromatic rings. The van der Waals surface area contributed by atoms with Gasteiger partial charge in [0, 0.05) is 25.3 Å². The molecule has 3 nitrogen and oxygen atoms in total. The van der Waals surface area contributed by atoms with Crippen LogP contribution in [0.2, 0.25) is 0 Å². The Kier molecular flexibility index (Phi) is 4.77. The molecule has 0 bridgehead atoms. The van der Waals surface area contributed by atoms with Crippen LogP contribution in [0.3, 0.4) is 0 Å². The van der Waals surface area contributed by atoms with Crippen LogP contribution < -0.4 is 10.5 Å². The lowest BCUT2D eigenvalue weighted by atomic mass is 10.0. The number of hydrogen-bond donors (Lipinski definition) is 1. The zero-order valence-electron chi connectivity index (χ0n) is 9.33. The summed E-state index contributed by atoms with van der Waals surface area (Å²) in [6.45, 7) is 0.377. The fraction of sp³-hybridized carbons (Fsp3) is 0.455. The molecule has 0 aliphatic heterocycles. The lowest BCUT2D eigenvalue weighted by Crippen LogP contribution is -2.20. The Hall–Kier alpha value is -1.27. The van der Waals surface area contributed by atoms with E-state index in [9.17, 15) is 13.2 Å². The van der Waals surface area contributed by atoms with E-state index in [1.165, 1.54) is 25.3 Å². The van der Waals surface area contributed by atoms with E-state index in [1.807, 2.05) is 0 Å². The minimum atomic E-state index is -4.71. The quantitative estimate of drug-likeness (QED) is 0.872. The van der Waals surface area contributed by atoms with Crippen LogP contribution >= 0.6 is 0 Å². The van der Waals surface area contributed by atoms with E-state index in [1.54, 1.807) is 6.07 Å². The number of nitrogens with two attached hydrogens (primary N) is 1. The molecule has 96 valence electrons. The molecule has 0 saturated carbocycles. The zero-order valence-corrected chi connectivity index (χ0v) is 9.33. The first-order valence-electron chi connectivity index (χ1n) is 5.03. The maximum Gasteiger partial charge on any atom is 0.573 e. The van der Waals surface area contributed by atoms with Crippen molar-refractivity contribution in [1.82, 2.24) is 0 Å². The first kappa shape index (κ1) is 13.8. The molecule has 0 amide bonds. The molecular weight excluding hydrogens is 235 g/mol. The van der Waals surface area contributed by atoms with Gasteiger partial charge in [-0.1, -0.05) is 18.2 Å². The molecular formula is C11H14F3NO2. The van der Waals surface area contributed by atoms with Gasteiger partial charge in [0.25, 0.3) is 0 Å². The van der Waals surface area contributed by atoms with Gasteiger partial charge in [0.1, 0.15) is 5.75 Å². The van der Waals surface area contributed by atoms with Gasteiger partial charge < -0.3 is 15.2 Å². The second-order valence-electron chi connectivity index (χ2n) is 3.47. The molecule has 0 fully saturated rings. The monoisotopic (exact) mass is 249 g/mol. The van der Waals surface area contributed by atoms with Crippen molar-refractivity contribution in [2.24, 2.45) is 5.73 Å². The Bertz CT molecular complexity index is 355. The van der Waals surface area contributed by atoms with Crippen LogP contribution in [0.15, 0.2) is 24.3 Å². The van der Waals surface area contributed by atoms with Crippen LogP contribution in [0, 0.1) is 0 Å². The topological polar surface area (TPSA) is 44.5 Å². The molecule has 0 radical (unpaired) electrons. The number of alkyl halides is 3. The molecule has 0 spiro atoms. The molecule has 0 heterocycles. The Morgan fingerprint density at radius 2 is 1.94 bits per heavy atom. The second-order valence-corrected chi connectivity index (χ2v) is 3.47. The van der Waals surface area contributed by atoms with E-state index in [4.69, 9.17) is 10.5 Å². The molecule has 1 atom stereocenters. The number of benzene rings is 1. The first-order valence-corrected chi connectivity index (χ1v) is 5.03. The highest BCUT2D eigenvalue weighted by Crippen LogP contribution is 2.30. The summed E-state index contributed by atoms with van der Waals surface area (Å²) in [5.41, 5.74) is 6.09. The summed E-state index contributed by atoms with van der Waals surface area (Å²) in [5.74, 6) is -0.261. The van der Waals surface area contributed by atoms with Crippen molar-refractivity contribution in [3.05, 3.63) is 29.8 Å². The lowest BCUT2D eigenvalue weighted by molar-refractivity contribution is -0.275. The fourth-order valence-corrected chi connectivity index (χ4v) is 1.40. The highest BCUT2D eigenvalue weighted by atomic mass is 19.4. The zero-order chi connectivity index (χ0) is 12.9. The Balaban J connectivity index is 2.83. The van der Waals surface area contributed by atoms with Crippen molar-refractivity contribution < 1.29 is 22.6 Å². The molecule has 1 unspecified atom stereocenters. The number of rotatable bonds is 5. The highest BCUT2D eigenvalue weighted by molar-refractivity contribution is 5.35. The number of halogens is 3. The van der Waals surface area contributed by atoms with E-state index in [0.717, 1.165) is 0 Å². The van der Waals surface area contributed by atoms with Gasteiger partial charge in [-0.25, -0.2) is 0 Å². The summed E-state index contributed by atoms with van der Waals surface area (Å²) in [7, 11) is 1.50. The number of ether oxygens (including phenoxy) is 2. The lowest BCUT2D eigenvalue weighted by Gasteiger charge is -2.17. The largest absolute Gasteiger partial charge is 0.573 e. The average molecular weight is 249 g/mol. The molecule has 17 heavy (non-hydrogen) atoms. The molecule has 2 N–H and O–H groups in total. The number of methoxy groups -OCH3 is 1. The third-order valence-electron chi connectivity index (χ3n) is 2.18. The Labute approximate surface area is 97.3 Å². The number of para-hydroxylation sites is 1. The molecule has 1 aromatic carbocycles. The van der Waals surface area contributed by atoms with Gasteiger partial charge in [-0.15, -0.1) is 13.2 Å². The van der Waals surface area contributed by atoms with Gasteiger partial charge >= 0.3 is 6.36 Å². The molecule has 0 aliphatic carbocycles. The SMILES string of the molecule is COCCC(N)c1ccccc1OC(F)(F)F. The summed E-state index contributed by atoms with van der Waals surface area (Å²) in [4.78, 5) is 0. The van der Waals surface area contributed by atoms with Gasteiger partial charge in [0.05, 0.1) is 0 Å². The fourth-order valence-electron chi connectivity index (χ4n) is 1.40. The van der Waals surface area contributed by atoms with Crippen LogP contribution in [0.5, 0.6) is 5.75 Å². The average Bonchev–Trinajstić information content (AvgIpc) is 2.24. The summed E-state index contributed by atoms with van der Waals surface area (Å²) < 4.78 is 45.2. The third-order valence-corrected chi connectivity index (χ3v) is 2.18. The van der Waals surface area contributed by atoms with E-state index >= 15 is 0 Å². The third kappa shape index (κ3) is 4.62. The van der Waals surface area contributed by atoms with Crippen molar-refractivity contribution in [1.29, 1.82) is 0 Å². The van der Waals surface area contributed by atoms with E-state index in [2.05, 4.69) is 4.74 Å². The van der Waals surface area contributed by atoms with Crippen molar-refractivity contribution >= 4 is 0 Å². The van der Waals surface area contributed by atoms with Gasteiger partial charge in [0.2, 0.25) is 0 Å². The van der Waals surface area contributed by atoms with E-state index in [0.29, 0.717) is 18.6 Å². The minimum Gasteiger partial charge on any atom is -0.405 e. The summed E-state index contributed by atoms with van der Waals surface area (Å²) in [6.07, 6.45) is -4.29. The summed E-state index contributed by atoms with van der Waals surface area (Å²) in [6, 6.07) is 5.30. The molecule has 0 aromatic heterocycles. The van der Waals surface area contributed by atoms with Gasteiger partial charge in [-0.2, -0.15) is 0 Å². The molecule has 6 heteroatoms. The van der Waals surface area contributed by atoms with Crippen LogP contribution in [0.25, 0.3) is 0 Å². The highest BCUT2D eigenvalue weighted by Gasteiger charge is 2.32. The maximum atomic E-state index is 12.1. The Morgan fingerprint density at radius 1 is 1.29 bits per heavy atom. The second kappa shape index (κ2) is 5.88. The minimum absolute atomic E-state index is 0.261. The van der Waals surface area contributed by atoms with E-state index < -0.39 is 12.4 Å². The predicted molar refractivity (Wildman–Crippen MR) is 56.5 cm³/mol. The summed E-state index contributed by atoms with van der Waals surface area (Å²) in [5, 5.41) is 0. The van der Waals surface area contributed by atoms with Crippen LogP contribution in [0.1, 0.15) is 18.0 Å². The molecule has 1 rings (SSSR count). The normalized spacial score (nSPS) is 13.5. The first-order chi connectivity index (χ1) is 7.94. The van der Waals surface area contributed by atoms with Gasteiger partial charge in [0.15, 0.2) is 0 Å². The molecule has 0 aliphatic rings. The van der Waals surface area contributed by atoms with Gasteiger partial charge in [-0.3, -0.25) is 0 Å². The van der Waals surface area contributed by atoms with Crippen molar-refractivity contribution in [3.8, 4) is 5.75 Å². The standard InChI is InChI=1S/C11H14F3NO2/c1-16-7-6-9(15)8-4-2-3-5-10(8)17-11(12,13)14/h2-5,9H,6-7,15H2,1H3. The van der Waals surface area contributed by atoms with Gasteiger partial charge in [-0.05, 0) is 12.5 Å². The smallest absolute Gasteiger partial charge is 0.405 e. The van der Waals surface area contributed by atoms with Crippen molar-refractivity contribution in [2.75, 3.05) is 13.7 Å². The van der Waals surface area contributed by atoms with Crippen LogP contribution in [0.4, 0.5) is 13.2 Å². The van der Waals surface area contributed by atoms with Crippen LogP contribution in [-0.4, -0.2) is 20.1 Å². The number of hydrogen-bond acceptors (Lipinski definition) is 3. The van der Waals surface area contributed by atoms with Crippen molar-refractivity contribution in [2.45, 2.75) is 18.8 Å². The van der Waals surface area contributed by atoms with E-state index in [-0.39, 0.29) is 5.75 Å². The Morgan fingerprint density at radius 3 is 2.53 bits per heavy atom. The molecule has 0 saturated heterocycles. The maximum absolute atomic E-state index is 12.1. The summed E-state index contributed by atoms with van der Waals surface area (Å²) >= 11 is 0. The van der Waals surface area contributed by atoms with Crippen LogP contribution in [-0.2, 0) is 4.74 Å². The predicted octanol–water partition coefficient (Wildman–Crippen LogP) is 2.62. The van der Waals surface area contributed by atoms with Crippen molar-refractivity contribution in [3.63, 3.8) is 0 Å².